The largest absolute Gasteiger partial charge is 0.311 e. The third-order valence-electron chi connectivity index (χ3n) is 3.02. The maximum Gasteiger partial charge on any atom is 0.137 e. The van der Waals surface area contributed by atoms with Crippen LogP contribution in [0.25, 0.3) is 5.65 Å². The first kappa shape index (κ1) is 12.1. The van der Waals surface area contributed by atoms with Gasteiger partial charge in [0.1, 0.15) is 5.65 Å². The molecule has 1 N–H and O–H groups in total. The topological polar surface area (TPSA) is 29.3 Å². The van der Waals surface area contributed by atoms with Gasteiger partial charge in [-0.05, 0) is 37.9 Å². The number of aryl methyl sites for hydroxylation is 1. The lowest BCUT2D eigenvalue weighted by molar-refractivity contribution is 0.533. The fourth-order valence-electron chi connectivity index (χ4n) is 1.97. The Labute approximate surface area is 103 Å². The average molecular weight is 231 g/mol. The minimum Gasteiger partial charge on any atom is -0.311 e. The van der Waals surface area contributed by atoms with Crippen LogP contribution < -0.4 is 5.32 Å². The first-order chi connectivity index (χ1) is 8.18. The lowest BCUT2D eigenvalue weighted by Gasteiger charge is -2.07. The van der Waals surface area contributed by atoms with Gasteiger partial charge < -0.3 is 9.72 Å². The second-order valence-corrected chi connectivity index (χ2v) is 4.93. The third-order valence-corrected chi connectivity index (χ3v) is 3.02. The van der Waals surface area contributed by atoms with Gasteiger partial charge in [-0.2, -0.15) is 0 Å². The normalized spacial score (nSPS) is 11.5. The van der Waals surface area contributed by atoms with Crippen LogP contribution in [-0.2, 0) is 6.54 Å². The van der Waals surface area contributed by atoms with Crippen molar-refractivity contribution >= 4 is 5.65 Å². The number of nitrogens with one attached hydrogen (secondary N) is 1. The van der Waals surface area contributed by atoms with E-state index < -0.39 is 0 Å². The number of imidazole rings is 1. The van der Waals surface area contributed by atoms with Crippen LogP contribution in [-0.4, -0.2) is 15.9 Å². The van der Waals surface area contributed by atoms with Gasteiger partial charge in [0.15, 0.2) is 0 Å². The number of hydrogen-bond donors (Lipinski definition) is 1. The van der Waals surface area contributed by atoms with Crippen molar-refractivity contribution in [3.05, 3.63) is 35.8 Å². The molecule has 0 spiro atoms. The first-order valence-electron chi connectivity index (χ1n) is 6.31. The highest BCUT2D eigenvalue weighted by molar-refractivity contribution is 5.42. The van der Waals surface area contributed by atoms with Crippen LogP contribution in [0.4, 0.5) is 0 Å². The van der Waals surface area contributed by atoms with E-state index in [1.807, 2.05) is 18.2 Å². The minimum absolute atomic E-state index is 0.755. The van der Waals surface area contributed by atoms with Crippen LogP contribution >= 0.6 is 0 Å². The van der Waals surface area contributed by atoms with Gasteiger partial charge in [0, 0.05) is 12.7 Å². The summed E-state index contributed by atoms with van der Waals surface area (Å²) in [7, 11) is 0. The lowest BCUT2D eigenvalue weighted by atomic mass is 10.1. The Kier molecular flexibility index (Phi) is 3.79. The van der Waals surface area contributed by atoms with E-state index in [2.05, 4.69) is 41.7 Å². The molecular weight excluding hydrogens is 210 g/mol. The number of nitrogens with zero attached hydrogens (tertiary/aromatic N) is 2. The molecule has 0 atom stereocenters. The molecular formula is C14H21N3. The van der Waals surface area contributed by atoms with Crippen LogP contribution in [0.1, 0.15) is 31.7 Å². The second kappa shape index (κ2) is 5.32. The molecule has 0 saturated carbocycles. The molecule has 0 amide bonds. The van der Waals surface area contributed by atoms with Gasteiger partial charge in [-0.1, -0.05) is 19.9 Å². The summed E-state index contributed by atoms with van der Waals surface area (Å²) in [6.45, 7) is 8.54. The van der Waals surface area contributed by atoms with Gasteiger partial charge in [-0.15, -0.1) is 0 Å². The molecule has 0 aliphatic rings. The summed E-state index contributed by atoms with van der Waals surface area (Å²) in [4.78, 5) is 4.55. The average Bonchev–Trinajstić information content (AvgIpc) is 2.60. The quantitative estimate of drug-likeness (QED) is 0.802. The van der Waals surface area contributed by atoms with Crippen molar-refractivity contribution in [1.29, 1.82) is 0 Å². The highest BCUT2D eigenvalue weighted by atomic mass is 15.0. The zero-order chi connectivity index (χ0) is 12.3. The van der Waals surface area contributed by atoms with Gasteiger partial charge in [-0.25, -0.2) is 4.98 Å². The summed E-state index contributed by atoms with van der Waals surface area (Å²) in [5, 5.41) is 3.49. The number of rotatable bonds is 5. The highest BCUT2D eigenvalue weighted by Crippen LogP contribution is 2.11. The van der Waals surface area contributed by atoms with E-state index >= 15 is 0 Å². The Hall–Kier alpha value is -1.35. The van der Waals surface area contributed by atoms with E-state index in [0.717, 1.165) is 30.3 Å². The van der Waals surface area contributed by atoms with Gasteiger partial charge >= 0.3 is 0 Å². The van der Waals surface area contributed by atoms with E-state index in [-0.39, 0.29) is 0 Å². The smallest absolute Gasteiger partial charge is 0.137 e. The Morgan fingerprint density at radius 2 is 2.18 bits per heavy atom. The molecule has 0 radical (unpaired) electrons. The molecule has 3 heteroatoms. The number of aromatic nitrogens is 2. The second-order valence-electron chi connectivity index (χ2n) is 4.93. The Morgan fingerprint density at radius 3 is 2.94 bits per heavy atom. The summed E-state index contributed by atoms with van der Waals surface area (Å²) >= 11 is 0. The lowest BCUT2D eigenvalue weighted by Crippen LogP contribution is -2.17. The van der Waals surface area contributed by atoms with E-state index in [9.17, 15) is 0 Å². The predicted octanol–water partition coefficient (Wildman–Crippen LogP) is 2.78. The van der Waals surface area contributed by atoms with Crippen molar-refractivity contribution in [2.75, 3.05) is 6.54 Å². The van der Waals surface area contributed by atoms with E-state index in [0.29, 0.717) is 0 Å². The van der Waals surface area contributed by atoms with Crippen LogP contribution in [0.15, 0.2) is 24.4 Å². The van der Waals surface area contributed by atoms with Gasteiger partial charge in [-0.3, -0.25) is 0 Å². The number of hydrogen-bond acceptors (Lipinski definition) is 2. The molecule has 0 aliphatic carbocycles. The Bertz CT molecular complexity index is 485. The molecule has 92 valence electrons. The summed E-state index contributed by atoms with van der Waals surface area (Å²) < 4.78 is 2.16. The standard InChI is InChI=1S/C14H21N3/c1-11(2)7-8-15-10-13-12(3)16-14-6-4-5-9-17(13)14/h4-6,9,11,15H,7-8,10H2,1-3H3. The van der Waals surface area contributed by atoms with E-state index in [1.165, 1.54) is 12.1 Å². The van der Waals surface area contributed by atoms with Crippen LogP contribution in [0, 0.1) is 12.8 Å². The zero-order valence-electron chi connectivity index (χ0n) is 10.9. The summed E-state index contributed by atoms with van der Waals surface area (Å²) in [5.41, 5.74) is 3.42. The SMILES string of the molecule is Cc1nc2ccccn2c1CNCCC(C)C. The fraction of sp³-hybridized carbons (Fsp3) is 0.500. The van der Waals surface area contributed by atoms with Crippen molar-refractivity contribution in [2.24, 2.45) is 5.92 Å². The molecule has 2 rings (SSSR count). The maximum atomic E-state index is 4.55. The van der Waals surface area contributed by atoms with Gasteiger partial charge in [0.25, 0.3) is 0 Å². The van der Waals surface area contributed by atoms with Crippen molar-refractivity contribution in [3.63, 3.8) is 0 Å². The third kappa shape index (κ3) is 2.86. The minimum atomic E-state index is 0.755. The number of fused-ring (bicyclic) bond motifs is 1. The van der Waals surface area contributed by atoms with Crippen LogP contribution in [0.3, 0.4) is 0 Å². The Balaban J connectivity index is 2.05. The summed E-state index contributed by atoms with van der Waals surface area (Å²) in [6.07, 6.45) is 3.30. The molecule has 2 heterocycles. The van der Waals surface area contributed by atoms with Gasteiger partial charge in [0.2, 0.25) is 0 Å². The first-order valence-corrected chi connectivity index (χ1v) is 6.31. The molecule has 0 saturated heterocycles. The monoisotopic (exact) mass is 231 g/mol. The van der Waals surface area contributed by atoms with Crippen molar-refractivity contribution in [1.82, 2.24) is 14.7 Å². The molecule has 3 nitrogen and oxygen atoms in total. The van der Waals surface area contributed by atoms with Crippen LogP contribution in [0.2, 0.25) is 0 Å². The highest BCUT2D eigenvalue weighted by Gasteiger charge is 2.06. The van der Waals surface area contributed by atoms with Crippen LogP contribution in [0.5, 0.6) is 0 Å². The molecule has 17 heavy (non-hydrogen) atoms. The van der Waals surface area contributed by atoms with Crippen molar-refractivity contribution < 1.29 is 0 Å². The fourth-order valence-corrected chi connectivity index (χ4v) is 1.97. The molecule has 0 unspecified atom stereocenters. The summed E-state index contributed by atoms with van der Waals surface area (Å²) in [5.74, 6) is 0.755. The van der Waals surface area contributed by atoms with Gasteiger partial charge in [0.05, 0.1) is 11.4 Å². The van der Waals surface area contributed by atoms with Crippen molar-refractivity contribution in [2.45, 2.75) is 33.7 Å². The Morgan fingerprint density at radius 1 is 1.35 bits per heavy atom. The molecule has 0 bridgehead atoms. The van der Waals surface area contributed by atoms with E-state index in [4.69, 9.17) is 0 Å². The predicted molar refractivity (Wildman–Crippen MR) is 71.1 cm³/mol. The van der Waals surface area contributed by atoms with E-state index in [1.54, 1.807) is 0 Å². The zero-order valence-corrected chi connectivity index (χ0v) is 10.9. The molecule has 0 aromatic carbocycles. The molecule has 0 fully saturated rings. The van der Waals surface area contributed by atoms with Crippen molar-refractivity contribution in [3.8, 4) is 0 Å². The molecule has 2 aromatic rings. The molecule has 2 aromatic heterocycles. The maximum absolute atomic E-state index is 4.55. The summed E-state index contributed by atoms with van der Waals surface area (Å²) in [6, 6.07) is 6.12. The molecule has 0 aliphatic heterocycles. The number of pyridine rings is 1.